The fraction of sp³-hybridized carbons (Fsp3) is 0.458. The lowest BCUT2D eigenvalue weighted by Gasteiger charge is -2.35. The number of hydrogen-bond acceptors (Lipinski definition) is 5. The Hall–Kier alpha value is -3.00. The average Bonchev–Trinajstić information content (AvgIpc) is 2.82. The Balaban J connectivity index is 1.68. The summed E-state index contributed by atoms with van der Waals surface area (Å²) in [7, 11) is 3.20. The summed E-state index contributed by atoms with van der Waals surface area (Å²) in [4.78, 5) is 9.12. The number of piperazine rings is 1. The molecule has 1 aliphatic rings. The number of guanidine groups is 1. The van der Waals surface area contributed by atoms with Crippen LogP contribution in [0.15, 0.2) is 41.4 Å². The quantitative estimate of drug-likeness (QED) is 0.481. The molecule has 1 saturated heterocycles. The first-order valence-corrected chi connectivity index (χ1v) is 11.1. The van der Waals surface area contributed by atoms with E-state index in [1.165, 1.54) is 0 Å². The van der Waals surface area contributed by atoms with Gasteiger partial charge in [0.05, 0.1) is 26.5 Å². The second-order valence-electron chi connectivity index (χ2n) is 7.60. The Morgan fingerprint density at radius 1 is 1.00 bits per heavy atom. The second-order valence-corrected chi connectivity index (χ2v) is 7.60. The standard InChI is InChI=1S/C24H34FN5O2/c1-5-26-24(28-19-8-10-22(31-3)23(16-19)32-4)27-17-18-7-9-21(20(25)15-18)30-13-11-29(6-2)12-14-30/h7-10,15-16H,5-6,11-14,17H2,1-4H3,(H2,26,27,28). The molecule has 0 aliphatic carbocycles. The van der Waals surface area contributed by atoms with Crippen LogP contribution in [0.1, 0.15) is 19.4 Å². The molecule has 0 spiro atoms. The number of halogens is 1. The van der Waals surface area contributed by atoms with E-state index in [-0.39, 0.29) is 5.82 Å². The highest BCUT2D eigenvalue weighted by atomic mass is 19.1. The van der Waals surface area contributed by atoms with Crippen molar-refractivity contribution in [1.29, 1.82) is 0 Å². The molecule has 1 heterocycles. The molecule has 0 atom stereocenters. The zero-order valence-electron chi connectivity index (χ0n) is 19.4. The molecule has 0 saturated carbocycles. The number of nitrogens with zero attached hydrogens (tertiary/aromatic N) is 3. The third-order valence-electron chi connectivity index (χ3n) is 5.58. The number of rotatable bonds is 8. The first-order valence-electron chi connectivity index (χ1n) is 11.1. The summed E-state index contributed by atoms with van der Waals surface area (Å²) in [6.07, 6.45) is 0. The van der Waals surface area contributed by atoms with Crippen LogP contribution >= 0.6 is 0 Å². The Labute approximate surface area is 190 Å². The van der Waals surface area contributed by atoms with Gasteiger partial charge in [0.25, 0.3) is 0 Å². The average molecular weight is 444 g/mol. The van der Waals surface area contributed by atoms with Crippen molar-refractivity contribution in [2.75, 3.05) is 63.7 Å². The van der Waals surface area contributed by atoms with E-state index in [0.717, 1.165) is 44.0 Å². The van der Waals surface area contributed by atoms with E-state index in [4.69, 9.17) is 9.47 Å². The smallest absolute Gasteiger partial charge is 0.196 e. The maximum Gasteiger partial charge on any atom is 0.196 e. The molecule has 174 valence electrons. The molecular formula is C24H34FN5O2. The lowest BCUT2D eigenvalue weighted by molar-refractivity contribution is 0.270. The highest BCUT2D eigenvalue weighted by molar-refractivity contribution is 5.93. The third-order valence-corrected chi connectivity index (χ3v) is 5.58. The summed E-state index contributed by atoms with van der Waals surface area (Å²) in [5.41, 5.74) is 2.31. The minimum atomic E-state index is -0.194. The van der Waals surface area contributed by atoms with E-state index in [9.17, 15) is 4.39 Å². The molecule has 32 heavy (non-hydrogen) atoms. The van der Waals surface area contributed by atoms with Crippen LogP contribution in [-0.4, -0.2) is 64.3 Å². The van der Waals surface area contributed by atoms with Crippen LogP contribution in [0.5, 0.6) is 11.5 Å². The minimum absolute atomic E-state index is 0.194. The van der Waals surface area contributed by atoms with Crippen LogP contribution in [0.25, 0.3) is 0 Å². The molecule has 1 fully saturated rings. The molecule has 0 radical (unpaired) electrons. The summed E-state index contributed by atoms with van der Waals surface area (Å²) in [6.45, 7) is 9.90. The first kappa shape index (κ1) is 23.7. The predicted molar refractivity (Wildman–Crippen MR) is 129 cm³/mol. The zero-order chi connectivity index (χ0) is 22.9. The monoisotopic (exact) mass is 443 g/mol. The van der Waals surface area contributed by atoms with E-state index in [0.29, 0.717) is 36.2 Å². The van der Waals surface area contributed by atoms with Gasteiger partial charge in [-0.15, -0.1) is 0 Å². The molecule has 2 aromatic rings. The molecule has 0 bridgehead atoms. The van der Waals surface area contributed by atoms with Gasteiger partial charge in [0.1, 0.15) is 5.82 Å². The van der Waals surface area contributed by atoms with E-state index in [1.807, 2.05) is 37.3 Å². The van der Waals surface area contributed by atoms with Gasteiger partial charge in [0, 0.05) is 44.5 Å². The predicted octanol–water partition coefficient (Wildman–Crippen LogP) is 3.56. The van der Waals surface area contributed by atoms with Crippen LogP contribution in [0, 0.1) is 5.82 Å². The second kappa shape index (κ2) is 11.6. The number of benzene rings is 2. The molecule has 3 rings (SSSR count). The maximum atomic E-state index is 14.8. The van der Waals surface area contributed by atoms with Gasteiger partial charge in [-0.05, 0) is 43.3 Å². The van der Waals surface area contributed by atoms with Crippen molar-refractivity contribution in [2.45, 2.75) is 20.4 Å². The lowest BCUT2D eigenvalue weighted by atomic mass is 10.1. The summed E-state index contributed by atoms with van der Waals surface area (Å²) >= 11 is 0. The van der Waals surface area contributed by atoms with Gasteiger partial charge in [-0.2, -0.15) is 0 Å². The molecule has 0 aromatic heterocycles. The Kier molecular flexibility index (Phi) is 8.56. The lowest BCUT2D eigenvalue weighted by Crippen LogP contribution is -2.46. The van der Waals surface area contributed by atoms with Crippen molar-refractivity contribution in [1.82, 2.24) is 10.2 Å². The zero-order valence-corrected chi connectivity index (χ0v) is 19.4. The van der Waals surface area contributed by atoms with Crippen molar-refractivity contribution in [2.24, 2.45) is 4.99 Å². The Morgan fingerprint density at radius 3 is 2.38 bits per heavy atom. The summed E-state index contributed by atoms with van der Waals surface area (Å²) in [6, 6.07) is 11.0. The van der Waals surface area contributed by atoms with Gasteiger partial charge in [-0.25, -0.2) is 9.38 Å². The molecule has 8 heteroatoms. The molecule has 7 nitrogen and oxygen atoms in total. The number of methoxy groups -OCH3 is 2. The van der Waals surface area contributed by atoms with Crippen molar-refractivity contribution in [3.05, 3.63) is 47.8 Å². The number of hydrogen-bond donors (Lipinski definition) is 2. The highest BCUT2D eigenvalue weighted by Crippen LogP contribution is 2.29. The van der Waals surface area contributed by atoms with Crippen LogP contribution in [0.4, 0.5) is 15.8 Å². The number of aliphatic imine (C=N–C) groups is 1. The summed E-state index contributed by atoms with van der Waals surface area (Å²) < 4.78 is 25.5. The van der Waals surface area contributed by atoms with Crippen molar-refractivity contribution < 1.29 is 13.9 Å². The van der Waals surface area contributed by atoms with E-state index < -0.39 is 0 Å². The summed E-state index contributed by atoms with van der Waals surface area (Å²) in [5, 5.41) is 6.48. The SMILES string of the molecule is CCNC(=NCc1ccc(N2CCN(CC)CC2)c(F)c1)Nc1ccc(OC)c(OC)c1. The minimum Gasteiger partial charge on any atom is -0.493 e. The first-order chi connectivity index (χ1) is 15.6. The number of anilines is 2. The van der Waals surface area contributed by atoms with Gasteiger partial charge < -0.3 is 29.9 Å². The van der Waals surface area contributed by atoms with Gasteiger partial charge in [0.15, 0.2) is 17.5 Å². The van der Waals surface area contributed by atoms with E-state index in [2.05, 4.69) is 32.3 Å². The van der Waals surface area contributed by atoms with Gasteiger partial charge in [-0.1, -0.05) is 13.0 Å². The third kappa shape index (κ3) is 6.03. The van der Waals surface area contributed by atoms with Crippen molar-refractivity contribution in [3.8, 4) is 11.5 Å². The fourth-order valence-corrected chi connectivity index (χ4v) is 3.74. The molecular weight excluding hydrogens is 409 g/mol. The highest BCUT2D eigenvalue weighted by Gasteiger charge is 2.18. The fourth-order valence-electron chi connectivity index (χ4n) is 3.74. The molecule has 2 aromatic carbocycles. The van der Waals surface area contributed by atoms with Gasteiger partial charge in [-0.3, -0.25) is 0 Å². The van der Waals surface area contributed by atoms with Crippen LogP contribution in [0.3, 0.4) is 0 Å². The Bertz CT molecular complexity index is 913. The van der Waals surface area contributed by atoms with Gasteiger partial charge in [0.2, 0.25) is 0 Å². The topological polar surface area (TPSA) is 61.4 Å². The number of ether oxygens (including phenoxy) is 2. The van der Waals surface area contributed by atoms with Crippen LogP contribution in [-0.2, 0) is 6.54 Å². The summed E-state index contributed by atoms with van der Waals surface area (Å²) in [5.74, 6) is 1.71. The van der Waals surface area contributed by atoms with Crippen molar-refractivity contribution in [3.63, 3.8) is 0 Å². The van der Waals surface area contributed by atoms with Crippen LogP contribution < -0.4 is 25.0 Å². The van der Waals surface area contributed by atoms with Gasteiger partial charge >= 0.3 is 0 Å². The van der Waals surface area contributed by atoms with E-state index >= 15 is 0 Å². The normalized spacial score (nSPS) is 14.9. The maximum absolute atomic E-state index is 14.8. The molecule has 0 unspecified atom stereocenters. The van der Waals surface area contributed by atoms with Crippen LogP contribution in [0.2, 0.25) is 0 Å². The number of nitrogens with one attached hydrogen (secondary N) is 2. The number of likely N-dealkylation sites (N-methyl/N-ethyl adjacent to an activating group) is 1. The molecule has 2 N–H and O–H groups in total. The Morgan fingerprint density at radius 2 is 1.75 bits per heavy atom. The molecule has 0 amide bonds. The molecule has 1 aliphatic heterocycles. The van der Waals surface area contributed by atoms with E-state index in [1.54, 1.807) is 20.3 Å². The largest absolute Gasteiger partial charge is 0.493 e. The van der Waals surface area contributed by atoms with Crippen molar-refractivity contribution >= 4 is 17.3 Å².